The number of carbonyl (C=O) groups excluding carboxylic acids is 1. The van der Waals surface area contributed by atoms with E-state index in [0.717, 1.165) is 23.8 Å². The topological polar surface area (TPSA) is 81.5 Å². The highest BCUT2D eigenvalue weighted by Crippen LogP contribution is 2.28. The highest BCUT2D eigenvalue weighted by Gasteiger charge is 2.18. The molecule has 0 radical (unpaired) electrons. The summed E-state index contributed by atoms with van der Waals surface area (Å²) in [6.45, 7) is 1.22. The van der Waals surface area contributed by atoms with Crippen LogP contribution in [0.15, 0.2) is 36.4 Å². The van der Waals surface area contributed by atoms with E-state index in [0.29, 0.717) is 10.0 Å². The maximum Gasteiger partial charge on any atom is 0.311 e. The lowest BCUT2D eigenvalue weighted by atomic mass is 10.1. The van der Waals surface area contributed by atoms with Gasteiger partial charge in [-0.15, -0.1) is 0 Å². The Balaban J connectivity index is 2.00. The summed E-state index contributed by atoms with van der Waals surface area (Å²) in [5.74, 6) is -1.55. The molecule has 2 aromatic carbocycles. The smallest absolute Gasteiger partial charge is 0.311 e. The number of nitrogens with one attached hydrogen (secondary N) is 1. The fourth-order valence-corrected chi connectivity index (χ4v) is 2.35. The van der Waals surface area contributed by atoms with Gasteiger partial charge in [-0.3, -0.25) is 14.9 Å². The van der Waals surface area contributed by atoms with E-state index < -0.39 is 35.0 Å². The molecule has 25 heavy (non-hydrogen) atoms. The molecule has 2 rings (SSSR count). The van der Waals surface area contributed by atoms with Gasteiger partial charge in [0.15, 0.2) is 6.61 Å². The van der Waals surface area contributed by atoms with Gasteiger partial charge in [0.2, 0.25) is 5.75 Å². The lowest BCUT2D eigenvalue weighted by molar-refractivity contribution is -0.385. The molecule has 132 valence electrons. The standard InChI is InChI=1S/C16H13Cl2FN2O4/c1-9(10-2-4-12(17)13(18)6-10)20-16(22)8-25-15-7-11(19)3-5-14(15)21(23)24/h2-7,9H,8H2,1H3,(H,20,22). The van der Waals surface area contributed by atoms with Gasteiger partial charge in [0.05, 0.1) is 21.0 Å². The van der Waals surface area contributed by atoms with Gasteiger partial charge >= 0.3 is 5.69 Å². The zero-order chi connectivity index (χ0) is 18.6. The number of nitro groups is 1. The van der Waals surface area contributed by atoms with Crippen molar-refractivity contribution < 1.29 is 18.8 Å². The number of amides is 1. The largest absolute Gasteiger partial charge is 0.477 e. The van der Waals surface area contributed by atoms with E-state index in [-0.39, 0.29) is 5.75 Å². The Hall–Kier alpha value is -2.38. The summed E-state index contributed by atoms with van der Waals surface area (Å²) < 4.78 is 18.3. The molecule has 1 amide bonds. The summed E-state index contributed by atoms with van der Waals surface area (Å²) in [6.07, 6.45) is 0. The van der Waals surface area contributed by atoms with Crippen LogP contribution in [0, 0.1) is 15.9 Å². The Morgan fingerprint density at radius 1 is 1.28 bits per heavy atom. The minimum absolute atomic E-state index is 0.317. The molecular weight excluding hydrogens is 374 g/mol. The lowest BCUT2D eigenvalue weighted by Gasteiger charge is -2.15. The normalized spacial score (nSPS) is 11.7. The second kappa shape index (κ2) is 8.13. The van der Waals surface area contributed by atoms with Crippen LogP contribution in [-0.2, 0) is 4.79 Å². The summed E-state index contributed by atoms with van der Waals surface area (Å²) in [5.41, 5.74) is 0.297. The molecule has 9 heteroatoms. The van der Waals surface area contributed by atoms with Crippen LogP contribution in [0.3, 0.4) is 0 Å². The minimum Gasteiger partial charge on any atom is -0.477 e. The number of nitrogens with zero attached hydrogens (tertiary/aromatic N) is 1. The van der Waals surface area contributed by atoms with E-state index in [1.807, 2.05) is 0 Å². The van der Waals surface area contributed by atoms with E-state index in [2.05, 4.69) is 5.32 Å². The van der Waals surface area contributed by atoms with Crippen molar-refractivity contribution in [3.8, 4) is 5.75 Å². The molecule has 6 nitrogen and oxygen atoms in total. The summed E-state index contributed by atoms with van der Waals surface area (Å²) in [5, 5.41) is 14.3. The van der Waals surface area contributed by atoms with E-state index in [9.17, 15) is 19.3 Å². The summed E-state index contributed by atoms with van der Waals surface area (Å²) in [4.78, 5) is 22.1. The summed E-state index contributed by atoms with van der Waals surface area (Å²) >= 11 is 11.8. The first-order chi connectivity index (χ1) is 11.8. The Labute approximate surface area is 152 Å². The van der Waals surface area contributed by atoms with Gasteiger partial charge in [0.1, 0.15) is 5.82 Å². The maximum atomic E-state index is 13.2. The number of benzene rings is 2. The number of rotatable bonds is 6. The zero-order valence-corrected chi connectivity index (χ0v) is 14.5. The van der Waals surface area contributed by atoms with Crippen LogP contribution in [0.2, 0.25) is 10.0 Å². The van der Waals surface area contributed by atoms with Crippen molar-refractivity contribution in [3.05, 3.63) is 67.9 Å². The van der Waals surface area contributed by atoms with Crippen LogP contribution >= 0.6 is 23.2 Å². The average Bonchev–Trinajstić information content (AvgIpc) is 2.55. The van der Waals surface area contributed by atoms with Crippen molar-refractivity contribution in [1.29, 1.82) is 0 Å². The lowest BCUT2D eigenvalue weighted by Crippen LogP contribution is -2.31. The molecule has 2 aromatic rings. The van der Waals surface area contributed by atoms with Crippen molar-refractivity contribution in [3.63, 3.8) is 0 Å². The molecular formula is C16H13Cl2FN2O4. The SMILES string of the molecule is CC(NC(=O)COc1cc(F)ccc1[N+](=O)[O-])c1ccc(Cl)c(Cl)c1. The molecule has 0 saturated heterocycles. The fourth-order valence-electron chi connectivity index (χ4n) is 2.05. The number of nitro benzene ring substituents is 1. The average molecular weight is 387 g/mol. The molecule has 0 saturated carbocycles. The first-order valence-electron chi connectivity index (χ1n) is 7.09. The Morgan fingerprint density at radius 3 is 2.64 bits per heavy atom. The van der Waals surface area contributed by atoms with E-state index in [1.54, 1.807) is 25.1 Å². The Bertz CT molecular complexity index is 817. The van der Waals surface area contributed by atoms with Crippen LogP contribution in [0.25, 0.3) is 0 Å². The van der Waals surface area contributed by atoms with Crippen molar-refractivity contribution in [2.45, 2.75) is 13.0 Å². The maximum absolute atomic E-state index is 13.2. The molecule has 0 aliphatic heterocycles. The van der Waals surface area contributed by atoms with Crippen LogP contribution in [0.1, 0.15) is 18.5 Å². The molecule has 1 N–H and O–H groups in total. The van der Waals surface area contributed by atoms with Crippen molar-refractivity contribution in [2.24, 2.45) is 0 Å². The second-order valence-electron chi connectivity index (χ2n) is 5.12. The number of halogens is 3. The van der Waals surface area contributed by atoms with Gasteiger partial charge in [-0.25, -0.2) is 4.39 Å². The third-order valence-corrected chi connectivity index (χ3v) is 4.04. The number of hydrogen-bond donors (Lipinski definition) is 1. The third kappa shape index (κ3) is 5.04. The second-order valence-corrected chi connectivity index (χ2v) is 5.93. The molecule has 0 spiro atoms. The van der Waals surface area contributed by atoms with Crippen molar-refractivity contribution in [2.75, 3.05) is 6.61 Å². The number of ether oxygens (including phenoxy) is 1. The molecule has 0 aliphatic carbocycles. The van der Waals surface area contributed by atoms with Gasteiger partial charge in [0.25, 0.3) is 5.91 Å². The van der Waals surface area contributed by atoms with Crippen LogP contribution < -0.4 is 10.1 Å². The predicted octanol–water partition coefficient (Wildman–Crippen LogP) is 4.30. The first kappa shape index (κ1) is 19.0. The van der Waals surface area contributed by atoms with Crippen molar-refractivity contribution in [1.82, 2.24) is 5.32 Å². The monoisotopic (exact) mass is 386 g/mol. The molecule has 1 unspecified atom stereocenters. The van der Waals surface area contributed by atoms with Crippen LogP contribution in [0.5, 0.6) is 5.75 Å². The molecule has 1 atom stereocenters. The van der Waals surface area contributed by atoms with E-state index >= 15 is 0 Å². The molecule has 0 aliphatic rings. The molecule has 0 bridgehead atoms. The highest BCUT2D eigenvalue weighted by molar-refractivity contribution is 6.42. The third-order valence-electron chi connectivity index (χ3n) is 3.30. The molecule has 0 heterocycles. The van der Waals surface area contributed by atoms with Gasteiger partial charge in [-0.1, -0.05) is 29.3 Å². The zero-order valence-electron chi connectivity index (χ0n) is 13.0. The number of carbonyl (C=O) groups is 1. The highest BCUT2D eigenvalue weighted by atomic mass is 35.5. The fraction of sp³-hybridized carbons (Fsp3) is 0.188. The van der Waals surface area contributed by atoms with Gasteiger partial charge in [0, 0.05) is 12.1 Å². The summed E-state index contributed by atoms with van der Waals surface area (Å²) in [7, 11) is 0. The van der Waals surface area contributed by atoms with Crippen LogP contribution in [0.4, 0.5) is 10.1 Å². The number of hydrogen-bond acceptors (Lipinski definition) is 4. The van der Waals surface area contributed by atoms with E-state index in [1.165, 1.54) is 0 Å². The van der Waals surface area contributed by atoms with Gasteiger partial charge < -0.3 is 10.1 Å². The van der Waals surface area contributed by atoms with Gasteiger partial charge in [-0.05, 0) is 30.7 Å². The molecule has 0 fully saturated rings. The van der Waals surface area contributed by atoms with Gasteiger partial charge in [-0.2, -0.15) is 0 Å². The van der Waals surface area contributed by atoms with E-state index in [4.69, 9.17) is 27.9 Å². The Kier molecular flexibility index (Phi) is 6.17. The van der Waals surface area contributed by atoms with Crippen LogP contribution in [-0.4, -0.2) is 17.4 Å². The quantitative estimate of drug-likeness (QED) is 0.592. The van der Waals surface area contributed by atoms with Crippen molar-refractivity contribution >= 4 is 34.8 Å². The Morgan fingerprint density at radius 2 is 2.00 bits per heavy atom. The predicted molar refractivity (Wildman–Crippen MR) is 91.6 cm³/mol. The first-order valence-corrected chi connectivity index (χ1v) is 7.84. The summed E-state index contributed by atoms with van der Waals surface area (Å²) in [6, 6.07) is 7.30. The molecule has 0 aromatic heterocycles. The minimum atomic E-state index is -0.717.